The van der Waals surface area contributed by atoms with Gasteiger partial charge in [0.1, 0.15) is 5.82 Å². The van der Waals surface area contributed by atoms with Gasteiger partial charge in [-0.3, -0.25) is 4.68 Å². The number of nitrogens with zero attached hydrogens (tertiary/aromatic N) is 4. The highest BCUT2D eigenvalue weighted by molar-refractivity contribution is 9.08. The molecule has 2 heterocycles. The van der Waals surface area contributed by atoms with Crippen molar-refractivity contribution in [3.05, 3.63) is 11.3 Å². The fourth-order valence-corrected chi connectivity index (χ4v) is 3.16. The third-order valence-electron chi connectivity index (χ3n) is 3.47. The van der Waals surface area contributed by atoms with Crippen LogP contribution in [-0.2, 0) is 12.4 Å². The van der Waals surface area contributed by atoms with Crippen molar-refractivity contribution in [2.45, 2.75) is 18.7 Å². The molecule has 0 spiro atoms. The van der Waals surface area contributed by atoms with E-state index in [2.05, 4.69) is 44.8 Å². The van der Waals surface area contributed by atoms with Crippen LogP contribution in [0.15, 0.2) is 0 Å². The Morgan fingerprint density at radius 3 is 2.65 bits per heavy atom. The Bertz CT molecular complexity index is 388. The highest BCUT2D eigenvalue weighted by Gasteiger charge is 2.20. The summed E-state index contributed by atoms with van der Waals surface area (Å²) in [6, 6.07) is 0. The Hall–Kier alpha value is -0.550. The molecular formula is C12H21BrN4. The molecule has 1 fully saturated rings. The van der Waals surface area contributed by atoms with E-state index in [-0.39, 0.29) is 0 Å². The second-order valence-electron chi connectivity index (χ2n) is 4.79. The molecule has 5 heteroatoms. The van der Waals surface area contributed by atoms with Crippen molar-refractivity contribution in [3.63, 3.8) is 0 Å². The van der Waals surface area contributed by atoms with Crippen LogP contribution in [0.4, 0.5) is 5.82 Å². The predicted molar refractivity (Wildman–Crippen MR) is 74.9 cm³/mol. The molecule has 17 heavy (non-hydrogen) atoms. The van der Waals surface area contributed by atoms with Crippen LogP contribution < -0.4 is 4.90 Å². The van der Waals surface area contributed by atoms with Gasteiger partial charge in [-0.05, 0) is 26.9 Å². The summed E-state index contributed by atoms with van der Waals surface area (Å²) in [5.74, 6) is 1.29. The summed E-state index contributed by atoms with van der Waals surface area (Å²) in [5.41, 5.74) is 2.47. The Balaban J connectivity index is 2.26. The lowest BCUT2D eigenvalue weighted by Crippen LogP contribution is -2.30. The van der Waals surface area contributed by atoms with Crippen LogP contribution >= 0.6 is 15.9 Å². The largest absolute Gasteiger partial charge is 0.355 e. The third kappa shape index (κ3) is 2.65. The van der Waals surface area contributed by atoms with Gasteiger partial charge in [0.2, 0.25) is 0 Å². The lowest BCUT2D eigenvalue weighted by Gasteiger charge is -2.23. The second kappa shape index (κ2) is 5.40. The van der Waals surface area contributed by atoms with Crippen LogP contribution in [0.1, 0.15) is 17.7 Å². The normalized spacial score (nSPS) is 18.5. The summed E-state index contributed by atoms with van der Waals surface area (Å²) in [6.45, 7) is 6.63. The fourth-order valence-electron chi connectivity index (χ4n) is 2.50. The van der Waals surface area contributed by atoms with Gasteiger partial charge in [-0.2, -0.15) is 5.10 Å². The topological polar surface area (TPSA) is 24.3 Å². The van der Waals surface area contributed by atoms with Crippen molar-refractivity contribution in [3.8, 4) is 0 Å². The van der Waals surface area contributed by atoms with E-state index in [4.69, 9.17) is 0 Å². The number of likely N-dealkylation sites (N-methyl/N-ethyl adjacent to an activating group) is 1. The van der Waals surface area contributed by atoms with Gasteiger partial charge < -0.3 is 9.80 Å². The van der Waals surface area contributed by atoms with Crippen LogP contribution in [0.2, 0.25) is 0 Å². The molecule has 0 N–H and O–H groups in total. The monoisotopic (exact) mass is 300 g/mol. The molecule has 1 saturated heterocycles. The first kappa shape index (κ1) is 12.9. The Labute approximate surface area is 112 Å². The number of hydrogen-bond donors (Lipinski definition) is 0. The number of rotatable bonds is 2. The smallest absolute Gasteiger partial charge is 0.130 e. The highest BCUT2D eigenvalue weighted by Crippen LogP contribution is 2.26. The minimum absolute atomic E-state index is 0.883. The summed E-state index contributed by atoms with van der Waals surface area (Å²) in [7, 11) is 4.24. The molecule has 96 valence electrons. The van der Waals surface area contributed by atoms with E-state index in [1.165, 1.54) is 24.3 Å². The van der Waals surface area contributed by atoms with E-state index in [1.807, 2.05) is 11.7 Å². The Kier molecular flexibility index (Phi) is 4.09. The summed E-state index contributed by atoms with van der Waals surface area (Å²) < 4.78 is 2.03. The Morgan fingerprint density at radius 1 is 1.18 bits per heavy atom. The molecule has 0 bridgehead atoms. The van der Waals surface area contributed by atoms with Gasteiger partial charge in [-0.25, -0.2) is 0 Å². The SMILES string of the molecule is Cc1nn(C)c(N2CCCN(C)CC2)c1CBr. The molecule has 1 aromatic heterocycles. The number of anilines is 1. The zero-order chi connectivity index (χ0) is 12.4. The van der Waals surface area contributed by atoms with E-state index in [0.29, 0.717) is 0 Å². The molecule has 1 aromatic rings. The molecule has 0 atom stereocenters. The molecule has 1 aliphatic heterocycles. The van der Waals surface area contributed by atoms with Gasteiger partial charge in [-0.1, -0.05) is 15.9 Å². The molecule has 0 radical (unpaired) electrons. The highest BCUT2D eigenvalue weighted by atomic mass is 79.9. The van der Waals surface area contributed by atoms with Crippen LogP contribution in [0, 0.1) is 6.92 Å². The van der Waals surface area contributed by atoms with E-state index in [1.54, 1.807) is 0 Å². The zero-order valence-electron chi connectivity index (χ0n) is 10.9. The molecule has 0 saturated carbocycles. The molecule has 4 nitrogen and oxygen atoms in total. The van der Waals surface area contributed by atoms with Gasteiger partial charge in [0.05, 0.1) is 5.69 Å². The number of halogens is 1. The van der Waals surface area contributed by atoms with Crippen LogP contribution in [0.5, 0.6) is 0 Å². The minimum Gasteiger partial charge on any atom is -0.355 e. The van der Waals surface area contributed by atoms with Crippen LogP contribution in [0.3, 0.4) is 0 Å². The summed E-state index contributed by atoms with van der Waals surface area (Å²) >= 11 is 3.58. The minimum atomic E-state index is 0.883. The lowest BCUT2D eigenvalue weighted by molar-refractivity contribution is 0.360. The lowest BCUT2D eigenvalue weighted by atomic mass is 10.2. The van der Waals surface area contributed by atoms with Gasteiger partial charge in [0.25, 0.3) is 0 Å². The average Bonchev–Trinajstić information content (AvgIpc) is 2.46. The maximum Gasteiger partial charge on any atom is 0.130 e. The third-order valence-corrected chi connectivity index (χ3v) is 4.03. The van der Waals surface area contributed by atoms with Gasteiger partial charge in [0, 0.05) is 37.6 Å². The van der Waals surface area contributed by atoms with E-state index in [9.17, 15) is 0 Å². The first-order chi connectivity index (χ1) is 8.13. The Morgan fingerprint density at radius 2 is 1.94 bits per heavy atom. The first-order valence-corrected chi connectivity index (χ1v) is 7.27. The fraction of sp³-hybridized carbons (Fsp3) is 0.750. The molecular weight excluding hydrogens is 280 g/mol. The van der Waals surface area contributed by atoms with Crippen molar-refractivity contribution in [1.29, 1.82) is 0 Å². The second-order valence-corrected chi connectivity index (χ2v) is 5.35. The maximum atomic E-state index is 4.54. The molecule has 0 aliphatic carbocycles. The zero-order valence-corrected chi connectivity index (χ0v) is 12.5. The molecule has 1 aliphatic rings. The van der Waals surface area contributed by atoms with Crippen LogP contribution in [-0.4, -0.2) is 47.9 Å². The van der Waals surface area contributed by atoms with Crippen molar-refractivity contribution in [1.82, 2.24) is 14.7 Å². The molecule has 2 rings (SSSR count). The number of aryl methyl sites for hydroxylation is 2. The van der Waals surface area contributed by atoms with Crippen LogP contribution in [0.25, 0.3) is 0 Å². The maximum absolute atomic E-state index is 4.54. The van der Waals surface area contributed by atoms with Crippen molar-refractivity contribution < 1.29 is 0 Å². The standard InChI is InChI=1S/C12H21BrN4/c1-10-11(9-13)12(16(3)14-10)17-6-4-5-15(2)7-8-17/h4-9H2,1-3H3. The number of hydrogen-bond acceptors (Lipinski definition) is 3. The quantitative estimate of drug-likeness (QED) is 0.778. The van der Waals surface area contributed by atoms with Crippen molar-refractivity contribution in [2.24, 2.45) is 7.05 Å². The van der Waals surface area contributed by atoms with Crippen molar-refractivity contribution >= 4 is 21.7 Å². The summed E-state index contributed by atoms with van der Waals surface area (Å²) in [5, 5.41) is 5.42. The van der Waals surface area contributed by atoms with E-state index >= 15 is 0 Å². The summed E-state index contributed by atoms with van der Waals surface area (Å²) in [4.78, 5) is 4.87. The summed E-state index contributed by atoms with van der Waals surface area (Å²) in [6.07, 6.45) is 1.22. The predicted octanol–water partition coefficient (Wildman–Crippen LogP) is 1.77. The molecule has 0 amide bonds. The van der Waals surface area contributed by atoms with Gasteiger partial charge in [0.15, 0.2) is 0 Å². The average molecular weight is 301 g/mol. The number of aromatic nitrogens is 2. The molecule has 0 unspecified atom stereocenters. The van der Waals surface area contributed by atoms with Gasteiger partial charge in [-0.15, -0.1) is 0 Å². The first-order valence-electron chi connectivity index (χ1n) is 6.15. The van der Waals surface area contributed by atoms with E-state index in [0.717, 1.165) is 30.7 Å². The van der Waals surface area contributed by atoms with Crippen molar-refractivity contribution in [2.75, 3.05) is 38.1 Å². The van der Waals surface area contributed by atoms with E-state index < -0.39 is 0 Å². The molecule has 0 aromatic carbocycles. The number of alkyl halides is 1. The van der Waals surface area contributed by atoms with Gasteiger partial charge >= 0.3 is 0 Å².